The van der Waals surface area contributed by atoms with Crippen LogP contribution in [-0.2, 0) is 14.3 Å². The highest BCUT2D eigenvalue weighted by Crippen LogP contribution is 2.57. The molecule has 2 fully saturated rings. The molecule has 0 aromatic carbocycles. The minimum absolute atomic E-state index is 0.0148. The number of amides is 1. The first-order valence-corrected chi connectivity index (χ1v) is 8.13. The molecule has 0 aromatic heterocycles. The number of aliphatic hydroxyl groups is 1. The van der Waals surface area contributed by atoms with Crippen LogP contribution in [0.2, 0.25) is 0 Å². The fourth-order valence-electron chi connectivity index (χ4n) is 4.25. The number of hydrogen-bond donors (Lipinski definition) is 3. The fraction of sp³-hybridized carbons (Fsp3) is 0.500. The quantitative estimate of drug-likeness (QED) is 0.372. The lowest BCUT2D eigenvalue weighted by Crippen LogP contribution is -2.53. The average molecular weight is 399 g/mol. The van der Waals surface area contributed by atoms with E-state index >= 15 is 0 Å². The summed E-state index contributed by atoms with van der Waals surface area (Å²) >= 11 is 3.06. The van der Waals surface area contributed by atoms with E-state index in [0.29, 0.717) is 6.54 Å². The Morgan fingerprint density at radius 1 is 1.46 bits per heavy atom. The van der Waals surface area contributed by atoms with Crippen LogP contribution in [0, 0.1) is 5.92 Å². The van der Waals surface area contributed by atoms with E-state index in [9.17, 15) is 19.5 Å². The van der Waals surface area contributed by atoms with E-state index in [2.05, 4.69) is 15.9 Å². The molecule has 0 saturated carbocycles. The van der Waals surface area contributed by atoms with Crippen molar-refractivity contribution >= 4 is 33.6 Å². The van der Waals surface area contributed by atoms with E-state index < -0.39 is 29.3 Å². The second-order valence-corrected chi connectivity index (χ2v) is 7.20. The lowest BCUT2D eigenvalue weighted by molar-refractivity contribution is -0.126. The topological polar surface area (TPSA) is 139 Å². The highest BCUT2D eigenvalue weighted by atomic mass is 79.9. The normalized spacial score (nSPS) is 39.9. The van der Waals surface area contributed by atoms with Gasteiger partial charge in [0, 0.05) is 18.2 Å². The molecule has 1 unspecified atom stereocenters. The number of carbonyl (C=O) groups excluding carboxylic acids is 3. The molecule has 0 spiro atoms. The first kappa shape index (κ1) is 15.6. The number of nitrogens with two attached hydrogens (primary N) is 2. The van der Waals surface area contributed by atoms with Gasteiger partial charge < -0.3 is 26.2 Å². The van der Waals surface area contributed by atoms with Gasteiger partial charge in [0.1, 0.15) is 6.61 Å². The smallest absolute Gasteiger partial charge is 0.404 e. The predicted molar refractivity (Wildman–Crippen MR) is 83.2 cm³/mol. The van der Waals surface area contributed by atoms with Gasteiger partial charge in [-0.15, -0.1) is 0 Å². The molecule has 0 bridgehead atoms. The number of halogens is 1. The molecule has 128 valence electrons. The molecule has 10 heteroatoms. The van der Waals surface area contributed by atoms with Gasteiger partial charge >= 0.3 is 6.09 Å². The number of likely N-dealkylation sites (N-methyl/N-ethyl adjacent to an activating group) is 1. The van der Waals surface area contributed by atoms with Gasteiger partial charge in [0.05, 0.1) is 27.8 Å². The summed E-state index contributed by atoms with van der Waals surface area (Å²) in [5.41, 5.74) is 9.25. The largest absolute Gasteiger partial charge is 0.449 e. The van der Waals surface area contributed by atoms with Crippen LogP contribution in [0.4, 0.5) is 4.79 Å². The second-order valence-electron chi connectivity index (χ2n) is 6.40. The van der Waals surface area contributed by atoms with E-state index in [1.165, 1.54) is 0 Å². The molecule has 1 aliphatic carbocycles. The first-order chi connectivity index (χ1) is 11.2. The molecule has 5 N–H and O–H groups in total. The first-order valence-electron chi connectivity index (χ1n) is 7.34. The van der Waals surface area contributed by atoms with E-state index in [1.54, 1.807) is 4.90 Å². The molecule has 3 aliphatic heterocycles. The standard InChI is InChI=1S/C14H15BrN4O5/c1-18-5-2-19-9-6(10(20)8(16)7(15)11(9)21)4(3-24-13(17)22)14(19,23)12(5)18/h4-5,12,23H,2-3,16H2,1H3,(H2,17,22)/t4-,5-,12-,14+,18?/m0/s1. The minimum atomic E-state index is -1.51. The van der Waals surface area contributed by atoms with Crippen LogP contribution in [0.3, 0.4) is 0 Å². The van der Waals surface area contributed by atoms with Crippen molar-refractivity contribution in [3.8, 4) is 0 Å². The zero-order valence-electron chi connectivity index (χ0n) is 12.7. The van der Waals surface area contributed by atoms with E-state index in [-0.39, 0.29) is 40.1 Å². The van der Waals surface area contributed by atoms with Crippen molar-refractivity contribution in [1.29, 1.82) is 0 Å². The third kappa shape index (κ3) is 1.63. The molecule has 24 heavy (non-hydrogen) atoms. The van der Waals surface area contributed by atoms with Crippen molar-refractivity contribution < 1.29 is 24.2 Å². The van der Waals surface area contributed by atoms with E-state index in [1.807, 2.05) is 11.9 Å². The molecule has 9 nitrogen and oxygen atoms in total. The van der Waals surface area contributed by atoms with Gasteiger partial charge in [0.2, 0.25) is 11.6 Å². The molecular weight excluding hydrogens is 384 g/mol. The van der Waals surface area contributed by atoms with Crippen LogP contribution < -0.4 is 11.5 Å². The SMILES string of the molecule is CN1[C@H]2[C@@H]1CN1C3=C(C(=O)C(N)=C(Br)C3=O)[C@H](COC(N)=O)[C@@]21O. The number of nitrogens with zero attached hydrogens (tertiary/aromatic N) is 2. The summed E-state index contributed by atoms with van der Waals surface area (Å²) in [6.07, 6.45) is -1.02. The maximum absolute atomic E-state index is 12.6. The molecule has 4 aliphatic rings. The summed E-state index contributed by atoms with van der Waals surface area (Å²) in [5.74, 6) is -1.89. The van der Waals surface area contributed by atoms with Crippen LogP contribution in [0.15, 0.2) is 21.4 Å². The molecule has 3 heterocycles. The zero-order valence-corrected chi connectivity index (χ0v) is 14.2. The number of ether oxygens (including phenoxy) is 1. The fourth-order valence-corrected chi connectivity index (χ4v) is 4.62. The number of Topliss-reactive ketones (excluding diaryl/α,β-unsaturated/α-hetero) is 2. The van der Waals surface area contributed by atoms with Gasteiger partial charge in [-0.3, -0.25) is 14.5 Å². The van der Waals surface area contributed by atoms with Crippen LogP contribution in [0.1, 0.15) is 0 Å². The monoisotopic (exact) mass is 398 g/mol. The van der Waals surface area contributed by atoms with Gasteiger partial charge in [0.15, 0.2) is 5.72 Å². The average Bonchev–Trinajstić information content (AvgIpc) is 2.93. The highest BCUT2D eigenvalue weighted by Gasteiger charge is 2.74. The van der Waals surface area contributed by atoms with Gasteiger partial charge in [-0.2, -0.15) is 0 Å². The number of carbonyl (C=O) groups is 3. The summed E-state index contributed by atoms with van der Waals surface area (Å²) in [6, 6.07) is -0.185. The Hall–Kier alpha value is -1.91. The number of piperazine rings is 1. The second kappa shape index (κ2) is 4.58. The highest BCUT2D eigenvalue weighted by molar-refractivity contribution is 9.12. The lowest BCUT2D eigenvalue weighted by atomic mass is 9.84. The van der Waals surface area contributed by atoms with Crippen molar-refractivity contribution in [2.45, 2.75) is 17.8 Å². The third-order valence-electron chi connectivity index (χ3n) is 5.39. The molecule has 0 radical (unpaired) electrons. The van der Waals surface area contributed by atoms with Gasteiger partial charge in [-0.1, -0.05) is 0 Å². The molecular formula is C14H15BrN4O5. The number of ketones is 2. The summed E-state index contributed by atoms with van der Waals surface area (Å²) < 4.78 is 4.85. The molecule has 4 rings (SSSR count). The molecule has 2 saturated heterocycles. The Morgan fingerprint density at radius 2 is 2.12 bits per heavy atom. The maximum atomic E-state index is 12.6. The van der Waals surface area contributed by atoms with E-state index in [0.717, 1.165) is 0 Å². The lowest BCUT2D eigenvalue weighted by Gasteiger charge is -2.37. The van der Waals surface area contributed by atoms with Crippen molar-refractivity contribution in [3.63, 3.8) is 0 Å². The Morgan fingerprint density at radius 3 is 2.75 bits per heavy atom. The third-order valence-corrected chi connectivity index (χ3v) is 6.18. The van der Waals surface area contributed by atoms with Crippen LogP contribution >= 0.6 is 15.9 Å². The summed E-state index contributed by atoms with van der Waals surface area (Å²) in [5, 5.41) is 11.4. The number of allylic oxidation sites excluding steroid dienone is 2. The van der Waals surface area contributed by atoms with Gasteiger partial charge in [0.25, 0.3) is 0 Å². The Labute approximate surface area is 145 Å². The number of primary amides is 1. The predicted octanol–water partition coefficient (Wildman–Crippen LogP) is -1.63. The summed E-state index contributed by atoms with van der Waals surface area (Å²) in [4.78, 5) is 39.8. The van der Waals surface area contributed by atoms with Crippen molar-refractivity contribution in [2.75, 3.05) is 20.2 Å². The Bertz CT molecular complexity index is 777. The molecule has 5 atom stereocenters. The number of rotatable bonds is 2. The van der Waals surface area contributed by atoms with E-state index in [4.69, 9.17) is 16.2 Å². The number of fused-ring (bicyclic) bond motifs is 4. The van der Waals surface area contributed by atoms with Crippen LogP contribution in [0.25, 0.3) is 0 Å². The molecule has 0 aromatic rings. The van der Waals surface area contributed by atoms with Crippen LogP contribution in [-0.4, -0.2) is 70.6 Å². The summed E-state index contributed by atoms with van der Waals surface area (Å²) in [7, 11) is 1.85. The Kier molecular flexibility index (Phi) is 2.98. The van der Waals surface area contributed by atoms with Crippen molar-refractivity contribution in [3.05, 3.63) is 21.4 Å². The van der Waals surface area contributed by atoms with Crippen molar-refractivity contribution in [2.24, 2.45) is 17.4 Å². The van der Waals surface area contributed by atoms with Crippen molar-refractivity contribution in [1.82, 2.24) is 9.80 Å². The zero-order chi connectivity index (χ0) is 17.5. The Balaban J connectivity index is 1.82. The minimum Gasteiger partial charge on any atom is -0.449 e. The number of hydrogen-bond acceptors (Lipinski definition) is 8. The van der Waals surface area contributed by atoms with Crippen LogP contribution in [0.5, 0.6) is 0 Å². The summed E-state index contributed by atoms with van der Waals surface area (Å²) in [6.45, 7) is 0.102. The van der Waals surface area contributed by atoms with Gasteiger partial charge in [-0.25, -0.2) is 4.79 Å². The molecule has 1 amide bonds. The maximum Gasteiger partial charge on any atom is 0.404 e. The van der Waals surface area contributed by atoms with Gasteiger partial charge in [-0.05, 0) is 23.0 Å².